The molecule has 1 N–H and O–H groups in total. The first-order valence-electron chi connectivity index (χ1n) is 4.47. The summed E-state index contributed by atoms with van der Waals surface area (Å²) < 4.78 is 64.9. The molecule has 0 aliphatic rings. The van der Waals surface area contributed by atoms with E-state index in [1.165, 1.54) is 25.4 Å². The van der Waals surface area contributed by atoms with Crippen molar-refractivity contribution in [1.82, 2.24) is 4.98 Å². The van der Waals surface area contributed by atoms with Crippen LogP contribution >= 0.6 is 0 Å². The van der Waals surface area contributed by atoms with Gasteiger partial charge in [0.05, 0.1) is 0 Å². The molecule has 0 fully saturated rings. The van der Waals surface area contributed by atoms with Gasteiger partial charge < -0.3 is 10.1 Å². The molecule has 0 aliphatic heterocycles. The van der Waals surface area contributed by atoms with Crippen molar-refractivity contribution in [2.45, 2.75) is 12.1 Å². The van der Waals surface area contributed by atoms with E-state index in [0.717, 1.165) is 0 Å². The number of nitrogens with zero attached hydrogens (tertiary/aromatic N) is 1. The number of hydrogen-bond donors (Lipinski definition) is 1. The number of halogens is 5. The summed E-state index contributed by atoms with van der Waals surface area (Å²) in [6, 6.07) is 2.40. The molecule has 0 aliphatic carbocycles. The molecule has 17 heavy (non-hydrogen) atoms. The molecule has 0 aromatic carbocycles. The van der Waals surface area contributed by atoms with Crippen LogP contribution in [0.4, 0.5) is 27.8 Å². The molecule has 0 atom stereocenters. The van der Waals surface area contributed by atoms with Crippen molar-refractivity contribution in [3.63, 3.8) is 0 Å². The fourth-order valence-corrected chi connectivity index (χ4v) is 0.893. The summed E-state index contributed by atoms with van der Waals surface area (Å²) in [5.41, 5.74) is 0. The predicted molar refractivity (Wildman–Crippen MR) is 50.3 cm³/mol. The minimum absolute atomic E-state index is 0.117. The third-order valence-electron chi connectivity index (χ3n) is 1.82. The lowest BCUT2D eigenvalue weighted by atomic mass is 10.3. The Labute approximate surface area is 93.6 Å². The zero-order valence-corrected chi connectivity index (χ0v) is 8.68. The van der Waals surface area contributed by atoms with Crippen molar-refractivity contribution in [3.05, 3.63) is 18.3 Å². The lowest BCUT2D eigenvalue weighted by Gasteiger charge is -2.19. The smallest absolute Gasteiger partial charge is 0.456 e. The van der Waals surface area contributed by atoms with Gasteiger partial charge in [0.15, 0.2) is 6.61 Å². The number of rotatable bonds is 4. The average Bonchev–Trinajstić information content (AvgIpc) is 2.25. The molecule has 0 bridgehead atoms. The van der Waals surface area contributed by atoms with E-state index < -0.39 is 18.7 Å². The van der Waals surface area contributed by atoms with E-state index in [2.05, 4.69) is 15.0 Å². The van der Waals surface area contributed by atoms with Crippen LogP contribution in [0, 0.1) is 0 Å². The molecule has 0 saturated carbocycles. The molecule has 0 unspecified atom stereocenters. The lowest BCUT2D eigenvalue weighted by molar-refractivity contribution is -0.290. The first-order valence-corrected chi connectivity index (χ1v) is 4.47. The van der Waals surface area contributed by atoms with Crippen molar-refractivity contribution in [2.24, 2.45) is 0 Å². The first kappa shape index (κ1) is 13.5. The molecule has 8 heteroatoms. The second kappa shape index (κ2) is 4.72. The van der Waals surface area contributed by atoms with Crippen LogP contribution in [0.25, 0.3) is 0 Å². The quantitative estimate of drug-likeness (QED) is 0.841. The fourth-order valence-electron chi connectivity index (χ4n) is 0.893. The number of ether oxygens (including phenoxy) is 1. The Kier molecular flexibility index (Phi) is 3.74. The van der Waals surface area contributed by atoms with Crippen molar-refractivity contribution in [3.8, 4) is 5.75 Å². The Balaban J connectivity index is 2.67. The van der Waals surface area contributed by atoms with Crippen molar-refractivity contribution in [2.75, 3.05) is 19.0 Å². The van der Waals surface area contributed by atoms with Gasteiger partial charge in [0.2, 0.25) is 0 Å². The SMILES string of the molecule is CNc1cc(OCC(F)(F)C(F)(F)F)ccn1. The Morgan fingerprint density at radius 1 is 1.29 bits per heavy atom. The van der Waals surface area contributed by atoms with Crippen molar-refractivity contribution in [1.29, 1.82) is 0 Å². The number of alkyl halides is 5. The molecule has 0 spiro atoms. The minimum atomic E-state index is -5.62. The number of hydrogen-bond acceptors (Lipinski definition) is 3. The van der Waals surface area contributed by atoms with Crippen LogP contribution in [0.2, 0.25) is 0 Å². The van der Waals surface area contributed by atoms with E-state index >= 15 is 0 Å². The molecule has 1 aromatic rings. The van der Waals surface area contributed by atoms with Gasteiger partial charge in [0.25, 0.3) is 0 Å². The van der Waals surface area contributed by atoms with Gasteiger partial charge in [-0.1, -0.05) is 0 Å². The standard InChI is InChI=1S/C9H9F5N2O/c1-15-7-4-6(2-3-16-7)17-5-8(10,11)9(12,13)14/h2-4H,5H2,1H3,(H,15,16). The summed E-state index contributed by atoms with van der Waals surface area (Å²) in [5.74, 6) is -4.69. The largest absolute Gasteiger partial charge is 0.487 e. The molecule has 96 valence electrons. The van der Waals surface area contributed by atoms with Gasteiger partial charge in [-0.25, -0.2) is 4.98 Å². The highest BCUT2D eigenvalue weighted by Crippen LogP contribution is 2.35. The molecular weight excluding hydrogens is 247 g/mol. The Bertz CT molecular complexity index is 380. The molecule has 3 nitrogen and oxygen atoms in total. The van der Waals surface area contributed by atoms with E-state index in [9.17, 15) is 22.0 Å². The molecule has 0 radical (unpaired) electrons. The maximum atomic E-state index is 12.5. The maximum absolute atomic E-state index is 12.5. The summed E-state index contributed by atoms with van der Waals surface area (Å²) in [6.07, 6.45) is -4.39. The summed E-state index contributed by atoms with van der Waals surface area (Å²) in [5, 5.41) is 2.59. The Morgan fingerprint density at radius 2 is 1.94 bits per heavy atom. The topological polar surface area (TPSA) is 34.1 Å². The normalized spacial score (nSPS) is 12.4. The summed E-state index contributed by atoms with van der Waals surface area (Å²) >= 11 is 0. The summed E-state index contributed by atoms with van der Waals surface area (Å²) in [4.78, 5) is 3.75. The molecule has 0 amide bonds. The zero-order valence-electron chi connectivity index (χ0n) is 8.68. The highest BCUT2D eigenvalue weighted by molar-refractivity contribution is 5.39. The minimum Gasteiger partial charge on any atom is -0.487 e. The number of anilines is 1. The Hall–Kier alpha value is -1.60. The first-order chi connectivity index (χ1) is 7.76. The third-order valence-corrected chi connectivity index (χ3v) is 1.82. The molecule has 1 rings (SSSR count). The van der Waals surface area contributed by atoms with Gasteiger partial charge >= 0.3 is 12.1 Å². The van der Waals surface area contributed by atoms with Gasteiger partial charge in [-0.2, -0.15) is 22.0 Å². The van der Waals surface area contributed by atoms with Gasteiger partial charge in [0, 0.05) is 19.3 Å². The van der Waals surface area contributed by atoms with E-state index in [-0.39, 0.29) is 5.75 Å². The van der Waals surface area contributed by atoms with Gasteiger partial charge in [-0.15, -0.1) is 0 Å². The molecule has 0 saturated heterocycles. The summed E-state index contributed by atoms with van der Waals surface area (Å²) in [7, 11) is 1.52. The van der Waals surface area contributed by atoms with Gasteiger partial charge in [-0.05, 0) is 6.07 Å². The third kappa shape index (κ3) is 3.43. The van der Waals surface area contributed by atoms with Crippen LogP contribution in [0.1, 0.15) is 0 Å². The van der Waals surface area contributed by atoms with Crippen LogP contribution in [-0.2, 0) is 0 Å². The van der Waals surface area contributed by atoms with Crippen molar-refractivity contribution < 1.29 is 26.7 Å². The fraction of sp³-hybridized carbons (Fsp3) is 0.444. The second-order valence-electron chi connectivity index (χ2n) is 3.12. The van der Waals surface area contributed by atoms with Gasteiger partial charge in [0.1, 0.15) is 11.6 Å². The van der Waals surface area contributed by atoms with Crippen LogP contribution < -0.4 is 10.1 Å². The second-order valence-corrected chi connectivity index (χ2v) is 3.12. The monoisotopic (exact) mass is 256 g/mol. The summed E-state index contributed by atoms with van der Waals surface area (Å²) in [6.45, 7) is -1.76. The predicted octanol–water partition coefficient (Wildman–Crippen LogP) is 2.70. The van der Waals surface area contributed by atoms with Crippen LogP contribution in [0.3, 0.4) is 0 Å². The molecular formula is C9H9F5N2O. The highest BCUT2D eigenvalue weighted by atomic mass is 19.4. The van der Waals surface area contributed by atoms with E-state index in [0.29, 0.717) is 5.82 Å². The highest BCUT2D eigenvalue weighted by Gasteiger charge is 2.58. The van der Waals surface area contributed by atoms with E-state index in [4.69, 9.17) is 0 Å². The lowest BCUT2D eigenvalue weighted by Crippen LogP contribution is -2.41. The van der Waals surface area contributed by atoms with Crippen LogP contribution in [-0.4, -0.2) is 30.7 Å². The Morgan fingerprint density at radius 3 is 2.47 bits per heavy atom. The van der Waals surface area contributed by atoms with Crippen molar-refractivity contribution >= 4 is 5.82 Å². The number of pyridine rings is 1. The number of nitrogens with one attached hydrogen (secondary N) is 1. The molecule has 1 heterocycles. The van der Waals surface area contributed by atoms with Crippen LogP contribution in [0.5, 0.6) is 5.75 Å². The maximum Gasteiger partial charge on any atom is 0.456 e. The van der Waals surface area contributed by atoms with Crippen LogP contribution in [0.15, 0.2) is 18.3 Å². The van der Waals surface area contributed by atoms with Gasteiger partial charge in [-0.3, -0.25) is 0 Å². The van der Waals surface area contributed by atoms with E-state index in [1.807, 2.05) is 0 Å². The number of aromatic nitrogens is 1. The molecule has 1 aromatic heterocycles. The zero-order chi connectivity index (χ0) is 13.1. The average molecular weight is 256 g/mol. The van der Waals surface area contributed by atoms with E-state index in [1.54, 1.807) is 0 Å².